The second kappa shape index (κ2) is 5.35. The molecule has 2 aromatic heterocycles. The summed E-state index contributed by atoms with van der Waals surface area (Å²) in [6.07, 6.45) is 6.97. The Balaban J connectivity index is 1.81. The Hall–Kier alpha value is -2.11. The smallest absolute Gasteiger partial charge is 0.339 e. The molecule has 0 aromatic carbocycles. The maximum absolute atomic E-state index is 11.2. The summed E-state index contributed by atoms with van der Waals surface area (Å²) in [7, 11) is 0. The number of rotatable bonds is 4. The number of aromatic nitrogens is 4. The molecule has 6 heteroatoms. The van der Waals surface area contributed by atoms with Crippen LogP contribution in [0.5, 0.6) is 0 Å². The molecule has 112 valence electrons. The summed E-state index contributed by atoms with van der Waals surface area (Å²) in [5, 5.41) is 18.1. The average Bonchev–Trinajstić information content (AvgIpc) is 3.11. The van der Waals surface area contributed by atoms with E-state index in [1.807, 2.05) is 16.9 Å². The van der Waals surface area contributed by atoms with Crippen LogP contribution in [0.25, 0.3) is 0 Å². The zero-order valence-corrected chi connectivity index (χ0v) is 12.4. The first-order chi connectivity index (χ1) is 10.1. The van der Waals surface area contributed by atoms with E-state index in [0.717, 1.165) is 5.69 Å². The second-order valence-corrected chi connectivity index (χ2v) is 5.73. The third-order valence-corrected chi connectivity index (χ3v) is 4.27. The van der Waals surface area contributed by atoms with Gasteiger partial charge in [-0.1, -0.05) is 12.8 Å². The van der Waals surface area contributed by atoms with Crippen molar-refractivity contribution in [2.24, 2.45) is 0 Å². The van der Waals surface area contributed by atoms with Crippen molar-refractivity contribution in [2.45, 2.75) is 52.1 Å². The standard InChI is InChI=1S/C15H20N4O2/c1-10-14(15(20)21)11(2)19(16-10)9-12-7-8-18(17-12)13-5-3-4-6-13/h7-8,13H,3-6,9H2,1-2H3,(H,20,21). The molecule has 0 atom stereocenters. The minimum atomic E-state index is -0.923. The molecule has 0 spiro atoms. The van der Waals surface area contributed by atoms with Crippen molar-refractivity contribution in [3.05, 3.63) is 34.9 Å². The van der Waals surface area contributed by atoms with E-state index in [0.29, 0.717) is 29.5 Å². The number of carbonyl (C=O) groups is 1. The molecule has 3 rings (SSSR count). The van der Waals surface area contributed by atoms with Crippen LogP contribution in [0, 0.1) is 13.8 Å². The topological polar surface area (TPSA) is 72.9 Å². The van der Waals surface area contributed by atoms with Gasteiger partial charge in [0.15, 0.2) is 0 Å². The van der Waals surface area contributed by atoms with Crippen LogP contribution in [0.3, 0.4) is 0 Å². The largest absolute Gasteiger partial charge is 0.478 e. The van der Waals surface area contributed by atoms with Gasteiger partial charge in [-0.2, -0.15) is 10.2 Å². The molecule has 0 saturated heterocycles. The summed E-state index contributed by atoms with van der Waals surface area (Å²) in [4.78, 5) is 11.2. The van der Waals surface area contributed by atoms with Gasteiger partial charge in [0.25, 0.3) is 0 Å². The van der Waals surface area contributed by atoms with Crippen molar-refractivity contribution in [1.82, 2.24) is 19.6 Å². The monoisotopic (exact) mass is 288 g/mol. The van der Waals surface area contributed by atoms with Gasteiger partial charge in [0.1, 0.15) is 5.56 Å². The van der Waals surface area contributed by atoms with E-state index in [2.05, 4.69) is 10.2 Å². The first-order valence-electron chi connectivity index (χ1n) is 7.37. The Bertz CT molecular complexity index is 665. The van der Waals surface area contributed by atoms with Gasteiger partial charge in [-0.05, 0) is 32.8 Å². The highest BCUT2D eigenvalue weighted by molar-refractivity contribution is 5.90. The highest BCUT2D eigenvalue weighted by atomic mass is 16.4. The minimum Gasteiger partial charge on any atom is -0.478 e. The molecule has 6 nitrogen and oxygen atoms in total. The normalized spacial score (nSPS) is 15.7. The van der Waals surface area contributed by atoms with Gasteiger partial charge >= 0.3 is 5.97 Å². The van der Waals surface area contributed by atoms with Crippen LogP contribution >= 0.6 is 0 Å². The molecule has 2 aromatic rings. The van der Waals surface area contributed by atoms with Gasteiger partial charge < -0.3 is 5.11 Å². The SMILES string of the molecule is Cc1nn(Cc2ccn(C3CCCC3)n2)c(C)c1C(=O)O. The highest BCUT2D eigenvalue weighted by Gasteiger charge is 2.20. The van der Waals surface area contributed by atoms with Gasteiger partial charge in [-0.3, -0.25) is 9.36 Å². The lowest BCUT2D eigenvalue weighted by Crippen LogP contribution is -2.09. The second-order valence-electron chi connectivity index (χ2n) is 5.73. The molecule has 0 bridgehead atoms. The van der Waals surface area contributed by atoms with Gasteiger partial charge in [0, 0.05) is 6.20 Å². The summed E-state index contributed by atoms with van der Waals surface area (Å²) in [6, 6.07) is 2.52. The summed E-state index contributed by atoms with van der Waals surface area (Å²) in [6.45, 7) is 4.03. The molecular formula is C15H20N4O2. The van der Waals surface area contributed by atoms with Crippen LogP contribution in [0.1, 0.15) is 59.2 Å². The maximum atomic E-state index is 11.2. The van der Waals surface area contributed by atoms with Gasteiger partial charge in [-0.25, -0.2) is 4.79 Å². The zero-order chi connectivity index (χ0) is 15.0. The molecule has 1 fully saturated rings. The van der Waals surface area contributed by atoms with Gasteiger partial charge in [-0.15, -0.1) is 0 Å². The van der Waals surface area contributed by atoms with Crippen molar-refractivity contribution >= 4 is 5.97 Å². The van der Waals surface area contributed by atoms with Crippen LogP contribution in [0.15, 0.2) is 12.3 Å². The number of hydrogen-bond acceptors (Lipinski definition) is 3. The summed E-state index contributed by atoms with van der Waals surface area (Å²) in [5.41, 5.74) is 2.44. The van der Waals surface area contributed by atoms with Crippen LogP contribution in [-0.4, -0.2) is 30.6 Å². The molecule has 0 aliphatic heterocycles. The maximum Gasteiger partial charge on any atom is 0.339 e. The Morgan fingerprint density at radius 3 is 2.67 bits per heavy atom. The molecule has 0 amide bonds. The fraction of sp³-hybridized carbons (Fsp3) is 0.533. The fourth-order valence-electron chi connectivity index (χ4n) is 3.15. The lowest BCUT2D eigenvalue weighted by atomic mass is 10.2. The Morgan fingerprint density at radius 2 is 2.05 bits per heavy atom. The number of nitrogens with zero attached hydrogens (tertiary/aromatic N) is 4. The van der Waals surface area contributed by atoms with Crippen LogP contribution in [0.2, 0.25) is 0 Å². The molecule has 1 aliphatic rings. The third-order valence-electron chi connectivity index (χ3n) is 4.27. The molecule has 1 aliphatic carbocycles. The molecule has 0 radical (unpaired) electrons. The van der Waals surface area contributed by atoms with E-state index in [1.165, 1.54) is 25.7 Å². The van der Waals surface area contributed by atoms with Crippen molar-refractivity contribution in [3.8, 4) is 0 Å². The van der Waals surface area contributed by atoms with Gasteiger partial charge in [0.2, 0.25) is 0 Å². The number of carboxylic acid groups (broad SMARTS) is 1. The first-order valence-corrected chi connectivity index (χ1v) is 7.37. The van der Waals surface area contributed by atoms with Crippen molar-refractivity contribution in [2.75, 3.05) is 0 Å². The lowest BCUT2D eigenvalue weighted by molar-refractivity contribution is 0.0695. The minimum absolute atomic E-state index is 0.297. The first kappa shape index (κ1) is 13.9. The summed E-state index contributed by atoms with van der Waals surface area (Å²) >= 11 is 0. The summed E-state index contributed by atoms with van der Waals surface area (Å²) in [5.74, 6) is -0.923. The van der Waals surface area contributed by atoms with Crippen molar-refractivity contribution in [3.63, 3.8) is 0 Å². The zero-order valence-electron chi connectivity index (χ0n) is 12.4. The molecule has 2 heterocycles. The Labute approximate surface area is 123 Å². The Morgan fingerprint density at radius 1 is 1.33 bits per heavy atom. The molecule has 0 unspecified atom stereocenters. The third kappa shape index (κ3) is 2.57. The number of aromatic carboxylic acids is 1. The van der Waals surface area contributed by atoms with Crippen LogP contribution in [-0.2, 0) is 6.54 Å². The predicted octanol–water partition coefficient (Wildman–Crippen LogP) is 2.56. The van der Waals surface area contributed by atoms with E-state index in [1.54, 1.807) is 18.5 Å². The van der Waals surface area contributed by atoms with Gasteiger partial charge in [0.05, 0.1) is 29.7 Å². The highest BCUT2D eigenvalue weighted by Crippen LogP contribution is 2.28. The fourth-order valence-corrected chi connectivity index (χ4v) is 3.15. The quantitative estimate of drug-likeness (QED) is 0.938. The van der Waals surface area contributed by atoms with E-state index in [9.17, 15) is 9.90 Å². The molecule has 1 saturated carbocycles. The number of carboxylic acids is 1. The van der Waals surface area contributed by atoms with E-state index < -0.39 is 5.97 Å². The molecule has 21 heavy (non-hydrogen) atoms. The van der Waals surface area contributed by atoms with E-state index in [-0.39, 0.29) is 0 Å². The number of hydrogen-bond donors (Lipinski definition) is 1. The molecular weight excluding hydrogens is 268 g/mol. The predicted molar refractivity (Wildman–Crippen MR) is 77.5 cm³/mol. The number of aryl methyl sites for hydroxylation is 1. The lowest BCUT2D eigenvalue weighted by Gasteiger charge is -2.09. The van der Waals surface area contributed by atoms with Crippen LogP contribution < -0.4 is 0 Å². The Kier molecular flexibility index (Phi) is 3.53. The average molecular weight is 288 g/mol. The van der Waals surface area contributed by atoms with Crippen molar-refractivity contribution in [1.29, 1.82) is 0 Å². The van der Waals surface area contributed by atoms with E-state index in [4.69, 9.17) is 0 Å². The van der Waals surface area contributed by atoms with Crippen molar-refractivity contribution < 1.29 is 9.90 Å². The molecule has 1 N–H and O–H groups in total. The summed E-state index contributed by atoms with van der Waals surface area (Å²) < 4.78 is 3.77. The van der Waals surface area contributed by atoms with E-state index >= 15 is 0 Å². The van der Waals surface area contributed by atoms with Crippen LogP contribution in [0.4, 0.5) is 0 Å².